The Morgan fingerprint density at radius 1 is 0.500 bits per heavy atom. The number of nitro benzene ring substituents is 1. The largest absolute Gasteiger partial charge is 0.418 e. The van der Waals surface area contributed by atoms with Gasteiger partial charge < -0.3 is 28.7 Å². The molecule has 0 aliphatic heterocycles. The van der Waals surface area contributed by atoms with Crippen LogP contribution in [0.2, 0.25) is 10.0 Å². The fourth-order valence-corrected chi connectivity index (χ4v) is 4.70. The van der Waals surface area contributed by atoms with Crippen molar-refractivity contribution in [2.45, 2.75) is 30.9 Å². The summed E-state index contributed by atoms with van der Waals surface area (Å²) in [5, 5.41) is 10.2. The molecule has 8 nitrogen and oxygen atoms in total. The number of benzene rings is 5. The summed E-state index contributed by atoms with van der Waals surface area (Å²) in [6.07, 6.45) is -22.4. The second-order valence-corrected chi connectivity index (χ2v) is 13.2. The monoisotopic (exact) mass is 1010 g/mol. The van der Waals surface area contributed by atoms with Crippen LogP contribution in [0.15, 0.2) is 95.5 Å². The first kappa shape index (κ1) is 54.5. The number of nitrogen functional groups attached to an aromatic ring is 5. The summed E-state index contributed by atoms with van der Waals surface area (Å²) in [6.45, 7) is 0. The summed E-state index contributed by atoms with van der Waals surface area (Å²) < 4.78 is 194. The van der Waals surface area contributed by atoms with Crippen LogP contribution in [0.25, 0.3) is 0 Å². The van der Waals surface area contributed by atoms with Gasteiger partial charge >= 0.3 is 30.9 Å². The van der Waals surface area contributed by atoms with Gasteiger partial charge in [0.05, 0.1) is 43.5 Å². The zero-order chi connectivity index (χ0) is 48.3. The molecule has 0 aliphatic rings. The highest BCUT2D eigenvalue weighted by Crippen LogP contribution is 2.39. The molecule has 27 heteroatoms. The standard InChI is InChI=1S/C7H5BrF3N.2C7H5ClF3N.C7H5F4N.C7H5F3N2O2/c2*8-4-1-2-6(12)5(3-4)7(9,10)11;8-5-3-4(7(9,10)11)1-2-6(5)12;8-4-1-2-6(12)5(3-4)7(9,10)11;8-7(9,10)4-2-1-3-5(6(4)11)12(13)14/h4*1-3H,12H2;1-3H,11H2. The minimum atomic E-state index is -4.67. The number of alkyl halides is 15. The molecule has 340 valence electrons. The van der Waals surface area contributed by atoms with Crippen LogP contribution in [0, 0.1) is 15.9 Å². The van der Waals surface area contributed by atoms with Crippen LogP contribution in [0.1, 0.15) is 27.8 Å². The maximum Gasteiger partial charge on any atom is 0.418 e. The first-order valence-electron chi connectivity index (χ1n) is 15.6. The highest BCUT2D eigenvalue weighted by Gasteiger charge is 2.37. The van der Waals surface area contributed by atoms with Gasteiger partial charge in [-0.1, -0.05) is 45.2 Å². The predicted octanol–water partition coefficient (Wildman–Crippen LogP) is 13.6. The van der Waals surface area contributed by atoms with E-state index in [4.69, 9.17) is 51.9 Å². The molecular formula is C35H25BrCl2F16N6O2. The van der Waals surface area contributed by atoms with E-state index in [0.717, 1.165) is 60.7 Å². The van der Waals surface area contributed by atoms with Crippen LogP contribution >= 0.6 is 39.1 Å². The number of hydrogen-bond donors (Lipinski definition) is 5. The molecule has 0 radical (unpaired) electrons. The zero-order valence-corrected chi connectivity index (χ0v) is 33.1. The Morgan fingerprint density at radius 3 is 1.31 bits per heavy atom. The topological polar surface area (TPSA) is 173 Å². The van der Waals surface area contributed by atoms with Gasteiger partial charge in [0.15, 0.2) is 0 Å². The molecule has 62 heavy (non-hydrogen) atoms. The Balaban J connectivity index is 0.000000388. The van der Waals surface area contributed by atoms with Gasteiger partial charge in [-0.05, 0) is 78.9 Å². The average Bonchev–Trinajstić information content (AvgIpc) is 3.11. The van der Waals surface area contributed by atoms with Gasteiger partial charge in [0.1, 0.15) is 11.5 Å². The van der Waals surface area contributed by atoms with Gasteiger partial charge in [0.2, 0.25) is 0 Å². The van der Waals surface area contributed by atoms with Crippen molar-refractivity contribution in [2.75, 3.05) is 28.7 Å². The van der Waals surface area contributed by atoms with Crippen molar-refractivity contribution in [1.82, 2.24) is 0 Å². The third kappa shape index (κ3) is 17.4. The second-order valence-electron chi connectivity index (χ2n) is 11.4. The Hall–Kier alpha value is -5.56. The van der Waals surface area contributed by atoms with Crippen LogP contribution in [0.4, 0.5) is 104 Å². The first-order chi connectivity index (χ1) is 28.0. The average molecular weight is 1020 g/mol. The molecule has 0 heterocycles. The van der Waals surface area contributed by atoms with E-state index in [2.05, 4.69) is 15.9 Å². The number of nitrogens with zero attached hydrogens (tertiary/aromatic N) is 1. The van der Waals surface area contributed by atoms with E-state index in [1.165, 1.54) is 18.2 Å². The van der Waals surface area contributed by atoms with E-state index in [1.807, 2.05) is 0 Å². The summed E-state index contributed by atoms with van der Waals surface area (Å²) >= 11 is 13.7. The molecule has 5 rings (SSSR count). The van der Waals surface area contributed by atoms with Gasteiger partial charge in [-0.15, -0.1) is 0 Å². The van der Waals surface area contributed by atoms with Crippen molar-refractivity contribution in [3.63, 3.8) is 0 Å². The number of rotatable bonds is 1. The number of hydrogen-bond acceptors (Lipinski definition) is 7. The van der Waals surface area contributed by atoms with E-state index in [0.29, 0.717) is 16.6 Å². The number of para-hydroxylation sites is 1. The van der Waals surface area contributed by atoms with Crippen molar-refractivity contribution >= 4 is 73.3 Å². The lowest BCUT2D eigenvalue weighted by Crippen LogP contribution is -2.10. The molecule has 5 aromatic carbocycles. The van der Waals surface area contributed by atoms with E-state index >= 15 is 0 Å². The molecule has 0 spiro atoms. The van der Waals surface area contributed by atoms with Crippen molar-refractivity contribution < 1.29 is 75.2 Å². The Labute approximate surface area is 356 Å². The van der Waals surface area contributed by atoms with E-state index in [9.17, 15) is 80.4 Å². The van der Waals surface area contributed by atoms with Crippen molar-refractivity contribution in [3.05, 3.63) is 149 Å². The van der Waals surface area contributed by atoms with Gasteiger partial charge in [-0.2, -0.15) is 65.9 Å². The number of halogens is 19. The van der Waals surface area contributed by atoms with Crippen LogP contribution in [0.5, 0.6) is 0 Å². The van der Waals surface area contributed by atoms with E-state index < -0.39 is 86.5 Å². The van der Waals surface area contributed by atoms with E-state index in [1.54, 1.807) is 0 Å². The minimum Gasteiger partial charge on any atom is -0.398 e. The van der Waals surface area contributed by atoms with Crippen LogP contribution in [-0.2, 0) is 30.9 Å². The summed E-state index contributed by atoms with van der Waals surface area (Å²) in [4.78, 5) is 9.31. The van der Waals surface area contributed by atoms with Gasteiger partial charge in [-0.25, -0.2) is 4.39 Å². The molecule has 0 aromatic heterocycles. The van der Waals surface area contributed by atoms with Crippen LogP contribution in [0.3, 0.4) is 0 Å². The Morgan fingerprint density at radius 2 is 0.919 bits per heavy atom. The van der Waals surface area contributed by atoms with Crippen LogP contribution < -0.4 is 28.7 Å². The highest BCUT2D eigenvalue weighted by molar-refractivity contribution is 9.10. The third-order valence-corrected chi connectivity index (χ3v) is 7.93. The van der Waals surface area contributed by atoms with E-state index in [-0.39, 0.29) is 27.1 Å². The summed E-state index contributed by atoms with van der Waals surface area (Å²) in [7, 11) is 0. The summed E-state index contributed by atoms with van der Waals surface area (Å²) in [5.41, 5.74) is 18.2. The molecule has 0 fully saturated rings. The number of nitrogens with two attached hydrogens (primary N) is 5. The SMILES string of the molecule is Nc1c([N+](=O)[O-])cccc1C(F)(F)F.Nc1ccc(Br)cc1C(F)(F)F.Nc1ccc(C(F)(F)F)cc1Cl.Nc1ccc(Cl)cc1C(F)(F)F.Nc1ccc(F)cc1C(F)(F)F. The molecule has 0 amide bonds. The maximum absolute atomic E-state index is 12.3. The summed E-state index contributed by atoms with van der Waals surface area (Å²) in [5.74, 6) is -0.948. The molecule has 0 bridgehead atoms. The van der Waals surface area contributed by atoms with Gasteiger partial charge in [0.25, 0.3) is 5.69 Å². The molecule has 0 atom stereocenters. The summed E-state index contributed by atoms with van der Waals surface area (Å²) in [6, 6.07) is 14.4. The quantitative estimate of drug-likeness (QED) is 0.0481. The zero-order valence-electron chi connectivity index (χ0n) is 30.0. The van der Waals surface area contributed by atoms with Crippen molar-refractivity contribution in [3.8, 4) is 0 Å². The van der Waals surface area contributed by atoms with Crippen LogP contribution in [-0.4, -0.2) is 4.92 Å². The van der Waals surface area contributed by atoms with Crippen molar-refractivity contribution in [1.29, 1.82) is 0 Å². The fraction of sp³-hybridized carbons (Fsp3) is 0.143. The lowest BCUT2D eigenvalue weighted by molar-refractivity contribution is -0.384. The lowest BCUT2D eigenvalue weighted by Gasteiger charge is -2.09. The first-order valence-corrected chi connectivity index (χ1v) is 17.1. The smallest absolute Gasteiger partial charge is 0.398 e. The minimum absolute atomic E-state index is 0.0246. The Kier molecular flexibility index (Phi) is 18.9. The highest BCUT2D eigenvalue weighted by atomic mass is 79.9. The number of nitro groups is 1. The molecule has 5 aromatic rings. The fourth-order valence-electron chi connectivity index (χ4n) is 3.98. The van der Waals surface area contributed by atoms with Crippen molar-refractivity contribution in [2.24, 2.45) is 0 Å². The molecule has 0 saturated heterocycles. The molecule has 0 unspecified atom stereocenters. The molecule has 0 aliphatic carbocycles. The van der Waals surface area contributed by atoms with Gasteiger partial charge in [-0.3, -0.25) is 10.1 Å². The second kappa shape index (κ2) is 21.5. The molecular weight excluding hydrogens is 991 g/mol. The predicted molar refractivity (Wildman–Crippen MR) is 204 cm³/mol. The third-order valence-electron chi connectivity index (χ3n) is 6.88. The Bertz CT molecular complexity index is 2160. The molecule has 10 N–H and O–H groups in total. The van der Waals surface area contributed by atoms with Gasteiger partial charge in [0, 0.05) is 32.6 Å². The normalized spacial score (nSPS) is 11.6. The lowest BCUT2D eigenvalue weighted by atomic mass is 10.1. The molecule has 0 saturated carbocycles. The maximum atomic E-state index is 12.3. The number of anilines is 5.